The molecule has 4 heteroatoms. The van der Waals surface area contributed by atoms with Gasteiger partial charge in [0.2, 0.25) is 5.91 Å². The molecule has 1 N–H and O–H groups in total. The van der Waals surface area contributed by atoms with E-state index in [9.17, 15) is 4.79 Å². The molecule has 0 atom stereocenters. The Morgan fingerprint density at radius 2 is 1.91 bits per heavy atom. The van der Waals surface area contributed by atoms with E-state index in [0.717, 1.165) is 44.6 Å². The molecule has 1 spiro atoms. The number of rotatable bonds is 2. The van der Waals surface area contributed by atoms with Crippen LogP contribution >= 0.6 is 11.6 Å². The maximum atomic E-state index is 13.0. The molecule has 1 amide bonds. The first-order valence-corrected chi connectivity index (χ1v) is 8.58. The number of piperidine rings is 1. The van der Waals surface area contributed by atoms with Crippen LogP contribution < -0.4 is 5.32 Å². The summed E-state index contributed by atoms with van der Waals surface area (Å²) in [5.41, 5.74) is 0.784. The van der Waals surface area contributed by atoms with Crippen molar-refractivity contribution in [2.24, 2.45) is 5.41 Å². The summed E-state index contributed by atoms with van der Waals surface area (Å²) >= 11 is 6.31. The molecule has 1 aromatic rings. The Balaban J connectivity index is 1.73. The third-order valence-corrected chi connectivity index (χ3v) is 5.85. The molecule has 2 heterocycles. The quantitative estimate of drug-likeness (QED) is 0.907. The number of hydrogen-bond donors (Lipinski definition) is 1. The van der Waals surface area contributed by atoms with Crippen molar-refractivity contribution in [3.63, 3.8) is 0 Å². The lowest BCUT2D eigenvalue weighted by atomic mass is 9.76. The first kappa shape index (κ1) is 15.8. The molecular weight excluding hydrogens is 296 g/mol. The second kappa shape index (κ2) is 5.86. The Labute approximate surface area is 138 Å². The summed E-state index contributed by atoms with van der Waals surface area (Å²) in [6.07, 6.45) is 3.48. The van der Waals surface area contributed by atoms with Gasteiger partial charge in [0, 0.05) is 24.7 Å². The zero-order valence-electron chi connectivity index (χ0n) is 13.5. The molecule has 0 aliphatic carbocycles. The van der Waals surface area contributed by atoms with Gasteiger partial charge < -0.3 is 10.2 Å². The SMILES string of the molecule is CC(C)(C(=O)N1CCC2(CCNC2)CC1)c1ccccc1Cl. The van der Waals surface area contributed by atoms with Gasteiger partial charge in [0.05, 0.1) is 5.41 Å². The molecule has 0 unspecified atom stereocenters. The van der Waals surface area contributed by atoms with Crippen LogP contribution in [0.15, 0.2) is 24.3 Å². The number of likely N-dealkylation sites (tertiary alicyclic amines) is 1. The van der Waals surface area contributed by atoms with Crippen molar-refractivity contribution in [3.8, 4) is 0 Å². The molecule has 2 aliphatic heterocycles. The number of benzene rings is 1. The highest BCUT2D eigenvalue weighted by atomic mass is 35.5. The van der Waals surface area contributed by atoms with Crippen molar-refractivity contribution in [3.05, 3.63) is 34.9 Å². The van der Waals surface area contributed by atoms with E-state index in [1.54, 1.807) is 0 Å². The van der Waals surface area contributed by atoms with Crippen LogP contribution in [0.25, 0.3) is 0 Å². The predicted octanol–water partition coefficient (Wildman–Crippen LogP) is 3.22. The fourth-order valence-electron chi connectivity index (χ4n) is 3.88. The van der Waals surface area contributed by atoms with Crippen molar-refractivity contribution in [1.82, 2.24) is 10.2 Å². The number of carbonyl (C=O) groups is 1. The standard InChI is InChI=1S/C18H25ClN2O/c1-17(2,14-5-3-4-6-15(14)19)16(22)21-11-8-18(9-12-21)7-10-20-13-18/h3-6,20H,7-13H2,1-2H3. The molecule has 120 valence electrons. The monoisotopic (exact) mass is 320 g/mol. The largest absolute Gasteiger partial charge is 0.342 e. The van der Waals surface area contributed by atoms with Crippen LogP contribution in [-0.4, -0.2) is 37.0 Å². The lowest BCUT2D eigenvalue weighted by Gasteiger charge is -2.41. The number of halogens is 1. The zero-order chi connectivity index (χ0) is 15.8. The Kier molecular flexibility index (Phi) is 4.21. The Hall–Kier alpha value is -1.06. The maximum absolute atomic E-state index is 13.0. The Bertz CT molecular complexity index is 554. The van der Waals surface area contributed by atoms with Crippen molar-refractivity contribution in [1.29, 1.82) is 0 Å². The van der Waals surface area contributed by atoms with Crippen molar-refractivity contribution in [2.75, 3.05) is 26.2 Å². The number of amides is 1. The van der Waals surface area contributed by atoms with Gasteiger partial charge in [0.15, 0.2) is 0 Å². The van der Waals surface area contributed by atoms with Gasteiger partial charge in [0.1, 0.15) is 0 Å². The molecule has 0 bridgehead atoms. The van der Waals surface area contributed by atoms with Crippen LogP contribution in [0, 0.1) is 5.41 Å². The maximum Gasteiger partial charge on any atom is 0.232 e. The molecule has 0 radical (unpaired) electrons. The summed E-state index contributed by atoms with van der Waals surface area (Å²) in [4.78, 5) is 15.1. The van der Waals surface area contributed by atoms with Crippen LogP contribution in [0.2, 0.25) is 5.02 Å². The summed E-state index contributed by atoms with van der Waals surface area (Å²) in [5, 5.41) is 4.14. The van der Waals surface area contributed by atoms with Gasteiger partial charge in [-0.15, -0.1) is 0 Å². The van der Waals surface area contributed by atoms with Crippen molar-refractivity contribution in [2.45, 2.75) is 38.5 Å². The topological polar surface area (TPSA) is 32.3 Å². The normalized spacial score (nSPS) is 21.3. The summed E-state index contributed by atoms with van der Waals surface area (Å²) < 4.78 is 0. The lowest BCUT2D eigenvalue weighted by molar-refractivity contribution is -0.138. The molecule has 0 aromatic heterocycles. The fourth-order valence-corrected chi connectivity index (χ4v) is 4.26. The van der Waals surface area contributed by atoms with Gasteiger partial charge >= 0.3 is 0 Å². The van der Waals surface area contributed by atoms with Gasteiger partial charge in [-0.3, -0.25) is 4.79 Å². The van der Waals surface area contributed by atoms with E-state index in [1.807, 2.05) is 43.0 Å². The van der Waals surface area contributed by atoms with Crippen LogP contribution in [-0.2, 0) is 10.2 Å². The predicted molar refractivity (Wildman–Crippen MR) is 90.2 cm³/mol. The number of nitrogens with zero attached hydrogens (tertiary/aromatic N) is 1. The summed E-state index contributed by atoms with van der Waals surface area (Å²) in [6, 6.07) is 7.68. The van der Waals surface area contributed by atoms with Gasteiger partial charge in [-0.05, 0) is 56.7 Å². The summed E-state index contributed by atoms with van der Waals surface area (Å²) in [6.45, 7) is 7.95. The average molecular weight is 321 g/mol. The first-order valence-electron chi connectivity index (χ1n) is 8.20. The third-order valence-electron chi connectivity index (χ3n) is 5.53. The van der Waals surface area contributed by atoms with E-state index in [4.69, 9.17) is 11.6 Å². The lowest BCUT2D eigenvalue weighted by Crippen LogP contribution is -2.49. The van der Waals surface area contributed by atoms with E-state index in [0.29, 0.717) is 10.4 Å². The second-order valence-electron chi connectivity index (χ2n) is 7.32. The number of hydrogen-bond acceptors (Lipinski definition) is 2. The highest BCUT2D eigenvalue weighted by Gasteiger charge is 2.41. The van der Waals surface area contributed by atoms with Gasteiger partial charge in [-0.2, -0.15) is 0 Å². The summed E-state index contributed by atoms with van der Waals surface area (Å²) in [5.74, 6) is 0.196. The first-order chi connectivity index (χ1) is 10.4. The zero-order valence-corrected chi connectivity index (χ0v) is 14.2. The van der Waals surface area contributed by atoms with Crippen LogP contribution in [0.1, 0.15) is 38.7 Å². The van der Waals surface area contributed by atoms with Crippen LogP contribution in [0.3, 0.4) is 0 Å². The minimum atomic E-state index is -0.573. The molecule has 0 saturated carbocycles. The fraction of sp³-hybridized carbons (Fsp3) is 0.611. The van der Waals surface area contributed by atoms with Gasteiger partial charge in [-0.1, -0.05) is 29.8 Å². The molecule has 22 heavy (non-hydrogen) atoms. The number of nitrogens with one attached hydrogen (secondary N) is 1. The molecule has 2 saturated heterocycles. The minimum Gasteiger partial charge on any atom is -0.342 e. The summed E-state index contributed by atoms with van der Waals surface area (Å²) in [7, 11) is 0. The molecule has 2 fully saturated rings. The van der Waals surface area contributed by atoms with Crippen LogP contribution in [0.5, 0.6) is 0 Å². The van der Waals surface area contributed by atoms with E-state index < -0.39 is 5.41 Å². The molecule has 1 aromatic carbocycles. The van der Waals surface area contributed by atoms with E-state index >= 15 is 0 Å². The number of carbonyl (C=O) groups excluding carboxylic acids is 1. The highest BCUT2D eigenvalue weighted by Crippen LogP contribution is 2.39. The van der Waals surface area contributed by atoms with Gasteiger partial charge in [-0.25, -0.2) is 0 Å². The highest BCUT2D eigenvalue weighted by molar-refractivity contribution is 6.31. The van der Waals surface area contributed by atoms with E-state index in [2.05, 4.69) is 5.32 Å². The molecule has 2 aliphatic rings. The van der Waals surface area contributed by atoms with Gasteiger partial charge in [0.25, 0.3) is 0 Å². The second-order valence-corrected chi connectivity index (χ2v) is 7.73. The minimum absolute atomic E-state index is 0.196. The molecule has 3 nitrogen and oxygen atoms in total. The van der Waals surface area contributed by atoms with Crippen molar-refractivity contribution < 1.29 is 4.79 Å². The smallest absolute Gasteiger partial charge is 0.232 e. The molecular formula is C18H25ClN2O. The third kappa shape index (κ3) is 2.77. The van der Waals surface area contributed by atoms with E-state index in [1.165, 1.54) is 6.42 Å². The molecule has 3 rings (SSSR count). The Morgan fingerprint density at radius 3 is 2.50 bits per heavy atom. The van der Waals surface area contributed by atoms with E-state index in [-0.39, 0.29) is 5.91 Å². The average Bonchev–Trinajstić information content (AvgIpc) is 2.96. The van der Waals surface area contributed by atoms with Crippen LogP contribution in [0.4, 0.5) is 0 Å². The van der Waals surface area contributed by atoms with Crippen molar-refractivity contribution >= 4 is 17.5 Å². The Morgan fingerprint density at radius 1 is 1.23 bits per heavy atom.